The van der Waals surface area contributed by atoms with E-state index in [0.29, 0.717) is 12.4 Å². The Morgan fingerprint density at radius 3 is 3.00 bits per heavy atom. The molecule has 0 unspecified atom stereocenters. The van der Waals surface area contributed by atoms with Crippen molar-refractivity contribution in [1.29, 1.82) is 0 Å². The van der Waals surface area contributed by atoms with E-state index in [4.69, 9.17) is 10.3 Å². The zero-order chi connectivity index (χ0) is 9.26. The Bertz CT molecular complexity index is 391. The van der Waals surface area contributed by atoms with Gasteiger partial charge in [0.15, 0.2) is 11.6 Å². The van der Waals surface area contributed by atoms with Crippen LogP contribution in [0, 0.1) is 6.92 Å². The van der Waals surface area contributed by atoms with Gasteiger partial charge in [-0.1, -0.05) is 10.4 Å². The fraction of sp³-hybridized carbons (Fsp3) is 0.286. The van der Waals surface area contributed by atoms with E-state index in [1.165, 1.54) is 0 Å². The van der Waals surface area contributed by atoms with Crippen LogP contribution in [-0.2, 0) is 6.54 Å². The van der Waals surface area contributed by atoms with Crippen LogP contribution in [0.3, 0.4) is 0 Å². The number of rotatable bonds is 2. The first kappa shape index (κ1) is 7.78. The molecule has 0 saturated carbocycles. The molecule has 2 rings (SSSR count). The lowest BCUT2D eigenvalue weighted by molar-refractivity contribution is 0.369. The molecule has 6 nitrogen and oxygen atoms in total. The average Bonchev–Trinajstić information content (AvgIpc) is 2.71. The molecule has 0 aliphatic heterocycles. The number of anilines is 1. The van der Waals surface area contributed by atoms with E-state index in [0.717, 1.165) is 11.5 Å². The number of nitrogens with zero attached hydrogens (tertiary/aromatic N) is 4. The Hall–Kier alpha value is -1.85. The van der Waals surface area contributed by atoms with Gasteiger partial charge in [0.1, 0.15) is 6.54 Å². The lowest BCUT2D eigenvalue weighted by Crippen LogP contribution is -2.03. The molecule has 6 heteroatoms. The zero-order valence-corrected chi connectivity index (χ0v) is 7.14. The standard InChI is InChI=1S/C7H9N5O/c1-5-7(8)10-11-12(5)4-6-2-3-9-13-6/h2-3H,4,8H2,1H3. The minimum atomic E-state index is 0.444. The van der Waals surface area contributed by atoms with Crippen molar-refractivity contribution in [2.75, 3.05) is 5.73 Å². The van der Waals surface area contributed by atoms with Gasteiger partial charge in [0.05, 0.1) is 11.9 Å². The third-order valence-corrected chi connectivity index (χ3v) is 1.82. The number of nitrogen functional groups attached to an aromatic ring is 1. The highest BCUT2D eigenvalue weighted by molar-refractivity contribution is 5.31. The van der Waals surface area contributed by atoms with Gasteiger partial charge in [-0.15, -0.1) is 5.10 Å². The van der Waals surface area contributed by atoms with Crippen LogP contribution in [0.25, 0.3) is 0 Å². The van der Waals surface area contributed by atoms with Crippen molar-refractivity contribution in [1.82, 2.24) is 20.2 Å². The molecule has 0 spiro atoms. The fourth-order valence-electron chi connectivity index (χ4n) is 0.995. The summed E-state index contributed by atoms with van der Waals surface area (Å²) in [5, 5.41) is 11.2. The van der Waals surface area contributed by atoms with Crippen LogP contribution in [0.1, 0.15) is 11.5 Å². The first-order valence-electron chi connectivity index (χ1n) is 3.82. The molecule has 0 fully saturated rings. The smallest absolute Gasteiger partial charge is 0.168 e. The quantitative estimate of drug-likeness (QED) is 0.712. The summed E-state index contributed by atoms with van der Waals surface area (Å²) in [6, 6.07) is 1.78. The Morgan fingerprint density at radius 1 is 1.62 bits per heavy atom. The minimum absolute atomic E-state index is 0.444. The predicted molar refractivity (Wildman–Crippen MR) is 44.8 cm³/mol. The van der Waals surface area contributed by atoms with E-state index < -0.39 is 0 Å². The van der Waals surface area contributed by atoms with Crippen LogP contribution >= 0.6 is 0 Å². The second-order valence-corrected chi connectivity index (χ2v) is 2.70. The number of aromatic nitrogens is 4. The van der Waals surface area contributed by atoms with Crippen LogP contribution in [0.4, 0.5) is 5.82 Å². The first-order chi connectivity index (χ1) is 6.27. The van der Waals surface area contributed by atoms with Crippen molar-refractivity contribution < 1.29 is 4.52 Å². The summed E-state index contributed by atoms with van der Waals surface area (Å²) in [5.41, 5.74) is 6.36. The maximum Gasteiger partial charge on any atom is 0.168 e. The van der Waals surface area contributed by atoms with Crippen LogP contribution in [0.5, 0.6) is 0 Å². The van der Waals surface area contributed by atoms with Crippen molar-refractivity contribution in [2.45, 2.75) is 13.5 Å². The highest BCUT2D eigenvalue weighted by Gasteiger charge is 2.06. The van der Waals surface area contributed by atoms with Gasteiger partial charge in [0, 0.05) is 6.07 Å². The van der Waals surface area contributed by atoms with Gasteiger partial charge in [0.25, 0.3) is 0 Å². The second kappa shape index (κ2) is 2.89. The highest BCUT2D eigenvalue weighted by atomic mass is 16.5. The minimum Gasteiger partial charge on any atom is -0.381 e. The topological polar surface area (TPSA) is 82.8 Å². The third-order valence-electron chi connectivity index (χ3n) is 1.82. The lowest BCUT2D eigenvalue weighted by atomic mass is 10.4. The van der Waals surface area contributed by atoms with E-state index in [1.807, 2.05) is 6.92 Å². The van der Waals surface area contributed by atoms with Gasteiger partial charge in [-0.2, -0.15) is 0 Å². The molecule has 0 radical (unpaired) electrons. The van der Waals surface area contributed by atoms with Gasteiger partial charge in [0.2, 0.25) is 0 Å². The van der Waals surface area contributed by atoms with Crippen molar-refractivity contribution >= 4 is 5.82 Å². The number of hydrogen-bond acceptors (Lipinski definition) is 5. The molecule has 2 aromatic rings. The van der Waals surface area contributed by atoms with Gasteiger partial charge in [-0.05, 0) is 6.92 Å². The van der Waals surface area contributed by atoms with Crippen LogP contribution in [0.15, 0.2) is 16.8 Å². The Kier molecular flexibility index (Phi) is 1.73. The molecular formula is C7H9N5O. The summed E-state index contributed by atoms with van der Waals surface area (Å²) in [7, 11) is 0. The maximum atomic E-state index is 5.53. The molecule has 0 aliphatic carbocycles. The molecule has 0 aromatic carbocycles. The monoisotopic (exact) mass is 179 g/mol. The Labute approximate surface area is 74.3 Å². The number of nitrogens with two attached hydrogens (primary N) is 1. The summed E-state index contributed by atoms with van der Waals surface area (Å²) in [6.45, 7) is 2.36. The van der Waals surface area contributed by atoms with Crippen molar-refractivity contribution in [3.05, 3.63) is 23.7 Å². The molecule has 68 valence electrons. The van der Waals surface area contributed by atoms with Crippen molar-refractivity contribution in [3.8, 4) is 0 Å². The van der Waals surface area contributed by atoms with Crippen LogP contribution in [0.2, 0.25) is 0 Å². The van der Waals surface area contributed by atoms with Gasteiger partial charge in [-0.3, -0.25) is 0 Å². The molecule has 0 atom stereocenters. The largest absolute Gasteiger partial charge is 0.381 e. The van der Waals surface area contributed by atoms with E-state index in [9.17, 15) is 0 Å². The van der Waals surface area contributed by atoms with Crippen molar-refractivity contribution in [3.63, 3.8) is 0 Å². The van der Waals surface area contributed by atoms with E-state index in [2.05, 4.69) is 15.5 Å². The Morgan fingerprint density at radius 2 is 2.46 bits per heavy atom. The molecule has 2 heterocycles. The summed E-state index contributed by atoms with van der Waals surface area (Å²) in [4.78, 5) is 0. The first-order valence-corrected chi connectivity index (χ1v) is 3.82. The number of hydrogen-bond donors (Lipinski definition) is 1. The van der Waals surface area contributed by atoms with Gasteiger partial charge < -0.3 is 10.3 Å². The molecule has 13 heavy (non-hydrogen) atoms. The third kappa shape index (κ3) is 1.37. The van der Waals surface area contributed by atoms with E-state index >= 15 is 0 Å². The molecule has 0 amide bonds. The fourth-order valence-corrected chi connectivity index (χ4v) is 0.995. The zero-order valence-electron chi connectivity index (χ0n) is 7.14. The Balaban J connectivity index is 2.24. The summed E-state index contributed by atoms with van der Waals surface area (Å²) in [5.74, 6) is 1.17. The summed E-state index contributed by atoms with van der Waals surface area (Å²) in [6.07, 6.45) is 1.59. The molecule has 0 aliphatic rings. The summed E-state index contributed by atoms with van der Waals surface area (Å²) >= 11 is 0. The molecule has 2 N–H and O–H groups in total. The second-order valence-electron chi connectivity index (χ2n) is 2.70. The molecule has 0 saturated heterocycles. The SMILES string of the molecule is Cc1c(N)nnn1Cc1ccno1. The van der Waals surface area contributed by atoms with E-state index in [1.54, 1.807) is 16.9 Å². The lowest BCUT2D eigenvalue weighted by Gasteiger charge is -1.97. The van der Waals surface area contributed by atoms with Crippen LogP contribution < -0.4 is 5.73 Å². The van der Waals surface area contributed by atoms with Crippen LogP contribution in [-0.4, -0.2) is 20.2 Å². The molecule has 0 bridgehead atoms. The molecule has 2 aromatic heterocycles. The molecular weight excluding hydrogens is 170 g/mol. The predicted octanol–water partition coefficient (Wildman–Crippen LogP) is 0.205. The normalized spacial score (nSPS) is 10.5. The average molecular weight is 179 g/mol. The van der Waals surface area contributed by atoms with Gasteiger partial charge in [-0.25, -0.2) is 4.68 Å². The summed E-state index contributed by atoms with van der Waals surface area (Å²) < 4.78 is 6.58. The van der Waals surface area contributed by atoms with Gasteiger partial charge >= 0.3 is 0 Å². The van der Waals surface area contributed by atoms with Crippen molar-refractivity contribution in [2.24, 2.45) is 0 Å². The highest BCUT2D eigenvalue weighted by Crippen LogP contribution is 2.07. The van der Waals surface area contributed by atoms with E-state index in [-0.39, 0.29) is 0 Å². The maximum absolute atomic E-state index is 5.53.